The predicted octanol–water partition coefficient (Wildman–Crippen LogP) is 0.255. The quantitative estimate of drug-likeness (QED) is 0.682. The normalized spacial score (nSPS) is 29.1. The van der Waals surface area contributed by atoms with Gasteiger partial charge >= 0.3 is 0 Å². The average Bonchev–Trinajstić information content (AvgIpc) is 2.63. The van der Waals surface area contributed by atoms with Crippen LogP contribution in [-0.4, -0.2) is 36.6 Å². The molecule has 14 heavy (non-hydrogen) atoms. The molecule has 2 N–H and O–H groups in total. The summed E-state index contributed by atoms with van der Waals surface area (Å²) in [5, 5.41) is 5.25. The molecular formula is C10H19N3O. The highest BCUT2D eigenvalue weighted by Gasteiger charge is 2.21. The Labute approximate surface area is 85.0 Å². The number of piperidine rings is 1. The SMILES string of the molecule is O=C1CCC(CNN2CCCCC2)N1. The Morgan fingerprint density at radius 1 is 1.36 bits per heavy atom. The molecular weight excluding hydrogens is 178 g/mol. The van der Waals surface area contributed by atoms with Gasteiger partial charge in [0.25, 0.3) is 0 Å². The molecule has 0 saturated carbocycles. The summed E-state index contributed by atoms with van der Waals surface area (Å²) in [6.07, 6.45) is 5.64. The smallest absolute Gasteiger partial charge is 0.220 e. The van der Waals surface area contributed by atoms with Crippen LogP contribution in [0, 0.1) is 0 Å². The standard InChI is InChI=1S/C10H19N3O/c14-10-5-4-9(12-10)8-11-13-6-2-1-3-7-13/h9,11H,1-8H2,(H,12,14). The average molecular weight is 197 g/mol. The summed E-state index contributed by atoms with van der Waals surface area (Å²) in [4.78, 5) is 11.0. The molecule has 80 valence electrons. The van der Waals surface area contributed by atoms with E-state index in [0.717, 1.165) is 26.1 Å². The molecule has 2 aliphatic rings. The van der Waals surface area contributed by atoms with E-state index >= 15 is 0 Å². The summed E-state index contributed by atoms with van der Waals surface area (Å²) < 4.78 is 0. The van der Waals surface area contributed by atoms with Crippen LogP contribution in [0.25, 0.3) is 0 Å². The van der Waals surface area contributed by atoms with Crippen molar-refractivity contribution >= 4 is 5.91 Å². The van der Waals surface area contributed by atoms with Gasteiger partial charge in [-0.15, -0.1) is 0 Å². The van der Waals surface area contributed by atoms with E-state index in [1.165, 1.54) is 19.3 Å². The van der Waals surface area contributed by atoms with E-state index in [9.17, 15) is 4.79 Å². The third-order valence-electron chi connectivity index (χ3n) is 3.00. The van der Waals surface area contributed by atoms with Gasteiger partial charge in [-0.25, -0.2) is 5.01 Å². The molecule has 0 aromatic rings. The van der Waals surface area contributed by atoms with Gasteiger partial charge < -0.3 is 5.32 Å². The minimum Gasteiger partial charge on any atom is -0.352 e. The lowest BCUT2D eigenvalue weighted by molar-refractivity contribution is -0.119. The van der Waals surface area contributed by atoms with Gasteiger partial charge in [-0.3, -0.25) is 10.2 Å². The van der Waals surface area contributed by atoms with Crippen LogP contribution in [0.1, 0.15) is 32.1 Å². The molecule has 2 aliphatic heterocycles. The first kappa shape index (κ1) is 9.93. The molecule has 0 spiro atoms. The van der Waals surface area contributed by atoms with Gasteiger partial charge in [-0.2, -0.15) is 0 Å². The molecule has 2 fully saturated rings. The minimum atomic E-state index is 0.204. The first-order valence-corrected chi connectivity index (χ1v) is 5.62. The van der Waals surface area contributed by atoms with Crippen LogP contribution in [0.5, 0.6) is 0 Å². The van der Waals surface area contributed by atoms with Crippen LogP contribution in [0.15, 0.2) is 0 Å². The lowest BCUT2D eigenvalue weighted by atomic mass is 10.2. The molecule has 2 rings (SSSR count). The van der Waals surface area contributed by atoms with Crippen LogP contribution in [0.4, 0.5) is 0 Å². The topological polar surface area (TPSA) is 44.4 Å². The van der Waals surface area contributed by atoms with Crippen molar-refractivity contribution in [2.45, 2.75) is 38.1 Å². The lowest BCUT2D eigenvalue weighted by Crippen LogP contribution is -2.47. The maximum atomic E-state index is 11.0. The van der Waals surface area contributed by atoms with Crippen LogP contribution in [0.3, 0.4) is 0 Å². The first-order valence-electron chi connectivity index (χ1n) is 5.62. The molecule has 0 aliphatic carbocycles. The summed E-state index contributed by atoms with van der Waals surface area (Å²) in [5.41, 5.74) is 3.40. The van der Waals surface area contributed by atoms with E-state index in [2.05, 4.69) is 15.8 Å². The highest BCUT2D eigenvalue weighted by molar-refractivity contribution is 5.78. The largest absolute Gasteiger partial charge is 0.352 e. The molecule has 0 radical (unpaired) electrons. The Balaban J connectivity index is 1.63. The van der Waals surface area contributed by atoms with Crippen molar-refractivity contribution < 1.29 is 4.79 Å². The highest BCUT2D eigenvalue weighted by atomic mass is 16.1. The maximum Gasteiger partial charge on any atom is 0.220 e. The zero-order valence-corrected chi connectivity index (χ0v) is 8.59. The third kappa shape index (κ3) is 2.69. The lowest BCUT2D eigenvalue weighted by Gasteiger charge is -2.28. The summed E-state index contributed by atoms with van der Waals surface area (Å²) in [5.74, 6) is 0.204. The van der Waals surface area contributed by atoms with E-state index in [0.29, 0.717) is 12.5 Å². The van der Waals surface area contributed by atoms with Crippen LogP contribution in [0.2, 0.25) is 0 Å². The highest BCUT2D eigenvalue weighted by Crippen LogP contribution is 2.08. The van der Waals surface area contributed by atoms with Gasteiger partial charge in [0.15, 0.2) is 0 Å². The number of hydrogen-bond acceptors (Lipinski definition) is 3. The fourth-order valence-corrected chi connectivity index (χ4v) is 2.12. The Morgan fingerprint density at radius 2 is 2.14 bits per heavy atom. The minimum absolute atomic E-state index is 0.204. The summed E-state index contributed by atoms with van der Waals surface area (Å²) in [7, 11) is 0. The number of hydrazine groups is 1. The van der Waals surface area contributed by atoms with Crippen molar-refractivity contribution in [1.82, 2.24) is 15.8 Å². The number of nitrogens with zero attached hydrogens (tertiary/aromatic N) is 1. The van der Waals surface area contributed by atoms with Crippen molar-refractivity contribution in [3.05, 3.63) is 0 Å². The van der Waals surface area contributed by atoms with Gasteiger partial charge in [0, 0.05) is 32.1 Å². The summed E-state index contributed by atoms with van der Waals surface area (Å²) >= 11 is 0. The molecule has 4 nitrogen and oxygen atoms in total. The number of rotatable bonds is 3. The second kappa shape index (κ2) is 4.75. The molecule has 0 bridgehead atoms. The van der Waals surface area contributed by atoms with E-state index in [4.69, 9.17) is 0 Å². The zero-order valence-electron chi connectivity index (χ0n) is 8.59. The Bertz CT molecular complexity index is 202. The van der Waals surface area contributed by atoms with Crippen LogP contribution >= 0.6 is 0 Å². The zero-order chi connectivity index (χ0) is 9.80. The third-order valence-corrected chi connectivity index (χ3v) is 3.00. The van der Waals surface area contributed by atoms with Gasteiger partial charge in [0.1, 0.15) is 0 Å². The fraction of sp³-hybridized carbons (Fsp3) is 0.900. The van der Waals surface area contributed by atoms with Gasteiger partial charge in [-0.05, 0) is 19.3 Å². The number of carbonyl (C=O) groups is 1. The molecule has 0 aromatic heterocycles. The Hall–Kier alpha value is -0.610. The van der Waals surface area contributed by atoms with E-state index in [1.54, 1.807) is 0 Å². The number of carbonyl (C=O) groups excluding carboxylic acids is 1. The molecule has 1 amide bonds. The van der Waals surface area contributed by atoms with Gasteiger partial charge in [-0.1, -0.05) is 6.42 Å². The Morgan fingerprint density at radius 3 is 2.79 bits per heavy atom. The van der Waals surface area contributed by atoms with E-state index in [-0.39, 0.29) is 5.91 Å². The van der Waals surface area contributed by atoms with Crippen molar-refractivity contribution in [2.75, 3.05) is 19.6 Å². The van der Waals surface area contributed by atoms with Crippen molar-refractivity contribution in [3.63, 3.8) is 0 Å². The predicted molar refractivity (Wildman–Crippen MR) is 54.6 cm³/mol. The molecule has 2 heterocycles. The summed E-state index contributed by atoms with van der Waals surface area (Å²) in [6.45, 7) is 3.20. The molecule has 0 aromatic carbocycles. The maximum absolute atomic E-state index is 11.0. The number of hydrogen-bond donors (Lipinski definition) is 2. The van der Waals surface area contributed by atoms with Crippen molar-refractivity contribution in [3.8, 4) is 0 Å². The monoisotopic (exact) mass is 197 g/mol. The second-order valence-electron chi connectivity index (χ2n) is 4.21. The molecule has 4 heteroatoms. The second-order valence-corrected chi connectivity index (χ2v) is 4.21. The molecule has 2 saturated heterocycles. The molecule has 1 unspecified atom stereocenters. The van der Waals surface area contributed by atoms with Crippen molar-refractivity contribution in [1.29, 1.82) is 0 Å². The number of amides is 1. The van der Waals surface area contributed by atoms with Gasteiger partial charge in [0.05, 0.1) is 0 Å². The first-order chi connectivity index (χ1) is 6.84. The van der Waals surface area contributed by atoms with Crippen LogP contribution < -0.4 is 10.7 Å². The number of nitrogens with one attached hydrogen (secondary N) is 2. The van der Waals surface area contributed by atoms with Crippen LogP contribution in [-0.2, 0) is 4.79 Å². The fourth-order valence-electron chi connectivity index (χ4n) is 2.12. The van der Waals surface area contributed by atoms with E-state index < -0.39 is 0 Å². The van der Waals surface area contributed by atoms with Gasteiger partial charge in [0.2, 0.25) is 5.91 Å². The van der Waals surface area contributed by atoms with E-state index in [1.807, 2.05) is 0 Å². The molecule has 1 atom stereocenters. The summed E-state index contributed by atoms with van der Waals surface area (Å²) in [6, 6.07) is 0.351. The van der Waals surface area contributed by atoms with Crippen molar-refractivity contribution in [2.24, 2.45) is 0 Å². The Kier molecular flexibility index (Phi) is 3.37.